The average Bonchev–Trinajstić information content (AvgIpc) is 2.80. The molecule has 2 unspecified atom stereocenters. The predicted molar refractivity (Wildman–Crippen MR) is 84.9 cm³/mol. The molecule has 1 aliphatic carbocycles. The molecule has 3 heteroatoms. The molecule has 0 spiro atoms. The van der Waals surface area contributed by atoms with Crippen molar-refractivity contribution in [2.75, 3.05) is 20.6 Å². The number of aromatic nitrogens is 1. The molecule has 2 aliphatic rings. The SMILES string of the molecule is CN(C)CC1CC2CCCn3c2c(c2ccccc23)C1=O. The zero-order valence-corrected chi connectivity index (χ0v) is 12.8. The van der Waals surface area contributed by atoms with Crippen LogP contribution in [-0.4, -0.2) is 35.9 Å². The van der Waals surface area contributed by atoms with Crippen molar-refractivity contribution in [3.63, 3.8) is 0 Å². The Balaban J connectivity index is 1.93. The van der Waals surface area contributed by atoms with Crippen LogP contribution in [0.5, 0.6) is 0 Å². The summed E-state index contributed by atoms with van der Waals surface area (Å²) in [4.78, 5) is 15.2. The first kappa shape index (κ1) is 13.1. The third kappa shape index (κ3) is 1.87. The number of carbonyl (C=O) groups excluding carboxylic acids is 1. The van der Waals surface area contributed by atoms with E-state index in [2.05, 4.69) is 47.8 Å². The molecule has 0 N–H and O–H groups in total. The molecular formula is C18H22N2O. The Kier molecular flexibility index (Phi) is 2.93. The molecule has 0 saturated heterocycles. The lowest BCUT2D eigenvalue weighted by Crippen LogP contribution is -2.35. The molecule has 0 fully saturated rings. The van der Waals surface area contributed by atoms with E-state index in [4.69, 9.17) is 0 Å². The first-order chi connectivity index (χ1) is 10.2. The Morgan fingerprint density at radius 1 is 1.29 bits per heavy atom. The molecule has 0 radical (unpaired) electrons. The number of hydrogen-bond acceptors (Lipinski definition) is 2. The Morgan fingerprint density at radius 3 is 2.90 bits per heavy atom. The van der Waals surface area contributed by atoms with Gasteiger partial charge in [0.1, 0.15) is 0 Å². The second kappa shape index (κ2) is 4.70. The summed E-state index contributed by atoms with van der Waals surface area (Å²) in [5, 5.41) is 1.17. The second-order valence-electron chi connectivity index (χ2n) is 6.83. The molecule has 2 aromatic rings. The topological polar surface area (TPSA) is 25.2 Å². The molecule has 4 rings (SSSR count). The van der Waals surface area contributed by atoms with Gasteiger partial charge in [-0.3, -0.25) is 4.79 Å². The number of benzene rings is 1. The number of fused-ring (bicyclic) bond motifs is 3. The van der Waals surface area contributed by atoms with E-state index in [1.165, 1.54) is 29.4 Å². The van der Waals surface area contributed by atoms with Crippen LogP contribution in [0.25, 0.3) is 10.9 Å². The fourth-order valence-corrected chi connectivity index (χ4v) is 4.36. The number of rotatable bonds is 2. The van der Waals surface area contributed by atoms with Crippen LogP contribution >= 0.6 is 0 Å². The molecule has 0 amide bonds. The van der Waals surface area contributed by atoms with Crippen molar-refractivity contribution >= 4 is 16.7 Å². The maximum Gasteiger partial charge on any atom is 0.169 e. The van der Waals surface area contributed by atoms with Crippen molar-refractivity contribution in [3.8, 4) is 0 Å². The van der Waals surface area contributed by atoms with E-state index >= 15 is 0 Å². The van der Waals surface area contributed by atoms with Crippen molar-refractivity contribution in [2.24, 2.45) is 5.92 Å². The van der Waals surface area contributed by atoms with Crippen molar-refractivity contribution in [1.29, 1.82) is 0 Å². The largest absolute Gasteiger partial charge is 0.344 e. The number of Topliss-reactive ketones (excluding diaryl/α,β-unsaturated/α-hetero) is 1. The van der Waals surface area contributed by atoms with Crippen LogP contribution in [0.15, 0.2) is 24.3 Å². The third-order valence-corrected chi connectivity index (χ3v) is 5.10. The smallest absolute Gasteiger partial charge is 0.169 e. The van der Waals surface area contributed by atoms with Crippen LogP contribution in [0.4, 0.5) is 0 Å². The van der Waals surface area contributed by atoms with E-state index in [1.54, 1.807) is 0 Å². The Bertz CT molecular complexity index is 713. The van der Waals surface area contributed by atoms with E-state index in [0.717, 1.165) is 25.1 Å². The minimum absolute atomic E-state index is 0.162. The minimum Gasteiger partial charge on any atom is -0.344 e. The normalized spacial score (nSPS) is 24.6. The van der Waals surface area contributed by atoms with E-state index in [1.807, 2.05) is 0 Å². The summed E-state index contributed by atoms with van der Waals surface area (Å²) in [5.41, 5.74) is 3.63. The average molecular weight is 282 g/mol. The summed E-state index contributed by atoms with van der Waals surface area (Å²) in [6.45, 7) is 1.94. The van der Waals surface area contributed by atoms with Gasteiger partial charge in [-0.25, -0.2) is 0 Å². The van der Waals surface area contributed by atoms with Gasteiger partial charge >= 0.3 is 0 Å². The Morgan fingerprint density at radius 2 is 2.10 bits per heavy atom. The van der Waals surface area contributed by atoms with Gasteiger partial charge in [-0.2, -0.15) is 0 Å². The lowest BCUT2D eigenvalue weighted by atomic mass is 9.75. The number of para-hydroxylation sites is 1. The molecule has 110 valence electrons. The lowest BCUT2D eigenvalue weighted by Gasteiger charge is -2.34. The molecule has 3 nitrogen and oxygen atoms in total. The van der Waals surface area contributed by atoms with Gasteiger partial charge in [0.15, 0.2) is 5.78 Å². The quantitative estimate of drug-likeness (QED) is 0.844. The summed E-state index contributed by atoms with van der Waals surface area (Å²) >= 11 is 0. The summed E-state index contributed by atoms with van der Waals surface area (Å²) in [6, 6.07) is 8.44. The molecule has 1 aromatic carbocycles. The van der Waals surface area contributed by atoms with Gasteiger partial charge in [-0.15, -0.1) is 0 Å². The highest BCUT2D eigenvalue weighted by Gasteiger charge is 2.39. The van der Waals surface area contributed by atoms with Gasteiger partial charge < -0.3 is 9.47 Å². The first-order valence-corrected chi connectivity index (χ1v) is 7.97. The lowest BCUT2D eigenvalue weighted by molar-refractivity contribution is 0.0860. The maximum absolute atomic E-state index is 13.0. The van der Waals surface area contributed by atoms with Gasteiger partial charge in [-0.1, -0.05) is 18.2 Å². The number of nitrogens with zero attached hydrogens (tertiary/aromatic N) is 2. The van der Waals surface area contributed by atoms with Gasteiger partial charge in [0, 0.05) is 47.1 Å². The van der Waals surface area contributed by atoms with Crippen LogP contribution in [0.2, 0.25) is 0 Å². The second-order valence-corrected chi connectivity index (χ2v) is 6.83. The van der Waals surface area contributed by atoms with Gasteiger partial charge in [0.25, 0.3) is 0 Å². The molecule has 21 heavy (non-hydrogen) atoms. The standard InChI is InChI=1S/C18H22N2O/c1-19(2)11-13-10-12-6-5-9-20-15-8-4-3-7-14(15)16(17(12)20)18(13)21/h3-4,7-8,12-13H,5-6,9-11H2,1-2H3. The first-order valence-electron chi connectivity index (χ1n) is 7.97. The van der Waals surface area contributed by atoms with Gasteiger partial charge in [0.2, 0.25) is 0 Å². The molecule has 2 atom stereocenters. The zero-order valence-electron chi connectivity index (χ0n) is 12.8. The monoisotopic (exact) mass is 282 g/mol. The van der Waals surface area contributed by atoms with Crippen molar-refractivity contribution in [1.82, 2.24) is 9.47 Å². The summed E-state index contributed by atoms with van der Waals surface area (Å²) in [7, 11) is 4.12. The predicted octanol–water partition coefficient (Wildman–Crippen LogP) is 3.28. The molecule has 1 aromatic heterocycles. The van der Waals surface area contributed by atoms with E-state index < -0.39 is 0 Å². The van der Waals surface area contributed by atoms with E-state index in [9.17, 15) is 4.79 Å². The van der Waals surface area contributed by atoms with Crippen LogP contribution < -0.4 is 0 Å². The molecule has 2 heterocycles. The summed E-state index contributed by atoms with van der Waals surface area (Å²) < 4.78 is 2.42. The fraction of sp³-hybridized carbons (Fsp3) is 0.500. The molecule has 1 aliphatic heterocycles. The van der Waals surface area contributed by atoms with Crippen molar-refractivity contribution in [2.45, 2.75) is 31.7 Å². The highest BCUT2D eigenvalue weighted by molar-refractivity contribution is 6.11. The number of carbonyl (C=O) groups is 1. The van der Waals surface area contributed by atoms with Crippen LogP contribution in [0.3, 0.4) is 0 Å². The number of ketones is 1. The van der Waals surface area contributed by atoms with Crippen LogP contribution in [0.1, 0.15) is 41.2 Å². The van der Waals surface area contributed by atoms with Crippen molar-refractivity contribution < 1.29 is 4.79 Å². The van der Waals surface area contributed by atoms with Crippen molar-refractivity contribution in [3.05, 3.63) is 35.5 Å². The van der Waals surface area contributed by atoms with Gasteiger partial charge in [0.05, 0.1) is 0 Å². The van der Waals surface area contributed by atoms with Crippen LogP contribution in [0, 0.1) is 5.92 Å². The highest BCUT2D eigenvalue weighted by atomic mass is 16.1. The molecule has 0 bridgehead atoms. The van der Waals surface area contributed by atoms with E-state index in [0.29, 0.717) is 11.7 Å². The van der Waals surface area contributed by atoms with Gasteiger partial charge in [-0.05, 0) is 39.4 Å². The molecular weight excluding hydrogens is 260 g/mol. The fourth-order valence-electron chi connectivity index (χ4n) is 4.36. The Labute approximate surface area is 125 Å². The number of aryl methyl sites for hydroxylation is 1. The Hall–Kier alpha value is -1.61. The maximum atomic E-state index is 13.0. The minimum atomic E-state index is 0.162. The summed E-state index contributed by atoms with van der Waals surface area (Å²) in [5.74, 6) is 1.10. The highest BCUT2D eigenvalue weighted by Crippen LogP contribution is 2.45. The number of hydrogen-bond donors (Lipinski definition) is 0. The molecule has 0 saturated carbocycles. The van der Waals surface area contributed by atoms with Crippen LogP contribution in [-0.2, 0) is 6.54 Å². The zero-order chi connectivity index (χ0) is 14.6. The van der Waals surface area contributed by atoms with E-state index in [-0.39, 0.29) is 5.92 Å². The third-order valence-electron chi connectivity index (χ3n) is 5.10. The summed E-state index contributed by atoms with van der Waals surface area (Å²) in [6.07, 6.45) is 3.50.